The van der Waals surface area contributed by atoms with Gasteiger partial charge in [-0.3, -0.25) is 9.89 Å². The Bertz CT molecular complexity index is 996. The van der Waals surface area contributed by atoms with Gasteiger partial charge >= 0.3 is 0 Å². The van der Waals surface area contributed by atoms with Crippen LogP contribution in [0.25, 0.3) is 11.0 Å². The Hall–Kier alpha value is -3.09. The summed E-state index contributed by atoms with van der Waals surface area (Å²) in [5, 5.41) is 11.0. The Morgan fingerprint density at radius 1 is 1.19 bits per heavy atom. The Labute approximate surface area is 157 Å². The van der Waals surface area contributed by atoms with Gasteiger partial charge in [-0.1, -0.05) is 19.9 Å². The van der Waals surface area contributed by atoms with E-state index >= 15 is 0 Å². The topological polar surface area (TPSA) is 89.1 Å². The summed E-state index contributed by atoms with van der Waals surface area (Å²) >= 11 is 0. The van der Waals surface area contributed by atoms with Crippen molar-refractivity contribution < 1.29 is 14.3 Å². The van der Waals surface area contributed by atoms with Crippen LogP contribution in [0.4, 0.5) is 0 Å². The highest BCUT2D eigenvalue weighted by Crippen LogP contribution is 2.34. The molecule has 4 rings (SSSR count). The number of carbonyl (C=O) groups is 1. The van der Waals surface area contributed by atoms with Gasteiger partial charge in [0.1, 0.15) is 13.2 Å². The van der Waals surface area contributed by atoms with Crippen LogP contribution in [0.3, 0.4) is 0 Å². The number of carbonyl (C=O) groups excluding carboxylic acids is 1. The normalized spacial score (nSPS) is 14.4. The van der Waals surface area contributed by atoms with Crippen LogP contribution in [-0.4, -0.2) is 34.3 Å². The lowest BCUT2D eigenvalue weighted by Gasteiger charge is -2.25. The minimum atomic E-state index is -0.168. The number of ether oxygens (including phenoxy) is 2. The molecular formula is C20H22N4O3. The fraction of sp³-hybridized carbons (Fsp3) is 0.350. The van der Waals surface area contributed by atoms with Crippen molar-refractivity contribution in [2.75, 3.05) is 13.2 Å². The summed E-state index contributed by atoms with van der Waals surface area (Å²) in [6, 6.07) is 7.47. The van der Waals surface area contributed by atoms with Crippen molar-refractivity contribution in [1.82, 2.24) is 20.5 Å². The molecule has 0 unspecified atom stereocenters. The quantitative estimate of drug-likeness (QED) is 0.740. The number of hydrogen-bond donors (Lipinski definition) is 2. The number of nitrogens with zero attached hydrogens (tertiary/aromatic N) is 2. The van der Waals surface area contributed by atoms with Crippen molar-refractivity contribution in [3.05, 3.63) is 47.3 Å². The molecule has 0 radical (unpaired) electrons. The first-order valence-electron chi connectivity index (χ1n) is 9.04. The maximum Gasteiger partial charge on any atom is 0.253 e. The molecule has 7 nitrogen and oxygen atoms in total. The zero-order valence-corrected chi connectivity index (χ0v) is 15.6. The molecule has 140 valence electrons. The number of aromatic amines is 1. The van der Waals surface area contributed by atoms with Crippen LogP contribution in [0.2, 0.25) is 0 Å². The Balaban J connectivity index is 1.60. The van der Waals surface area contributed by atoms with Crippen LogP contribution in [0.5, 0.6) is 11.5 Å². The standard InChI is InChI=1S/C20H22N4O3/c1-11(2)18(13-4-5-16-17(9-13)27-7-6-26-16)22-20(25)14-8-15-12(3)23-24-19(15)21-10-14/h4-5,8-11,18H,6-7H2,1-3H3,(H,22,25)(H,21,23,24)/t18-/m1/s1. The molecule has 3 heterocycles. The molecular weight excluding hydrogens is 344 g/mol. The minimum absolute atomic E-state index is 0.158. The van der Waals surface area contributed by atoms with Crippen molar-refractivity contribution in [3.63, 3.8) is 0 Å². The molecule has 3 aromatic rings. The van der Waals surface area contributed by atoms with E-state index in [1.165, 1.54) is 0 Å². The van der Waals surface area contributed by atoms with Crippen LogP contribution in [-0.2, 0) is 0 Å². The summed E-state index contributed by atoms with van der Waals surface area (Å²) in [5.41, 5.74) is 2.99. The van der Waals surface area contributed by atoms with Crippen molar-refractivity contribution in [1.29, 1.82) is 0 Å². The molecule has 0 saturated carbocycles. The summed E-state index contributed by atoms with van der Waals surface area (Å²) < 4.78 is 11.3. The maximum absolute atomic E-state index is 12.9. The number of nitrogens with one attached hydrogen (secondary N) is 2. The van der Waals surface area contributed by atoms with Crippen molar-refractivity contribution >= 4 is 16.9 Å². The van der Waals surface area contributed by atoms with Gasteiger partial charge < -0.3 is 14.8 Å². The van der Waals surface area contributed by atoms with Crippen LogP contribution in [0.1, 0.15) is 41.5 Å². The Kier molecular flexibility index (Phi) is 4.43. The van der Waals surface area contributed by atoms with Gasteiger partial charge in [0.2, 0.25) is 0 Å². The van der Waals surface area contributed by atoms with Gasteiger partial charge in [0.25, 0.3) is 5.91 Å². The zero-order valence-electron chi connectivity index (χ0n) is 15.6. The highest BCUT2D eigenvalue weighted by molar-refractivity contribution is 5.97. The Morgan fingerprint density at radius 3 is 2.74 bits per heavy atom. The van der Waals surface area contributed by atoms with Gasteiger partial charge in [-0.15, -0.1) is 0 Å². The van der Waals surface area contributed by atoms with E-state index < -0.39 is 0 Å². The summed E-state index contributed by atoms with van der Waals surface area (Å²) in [6.07, 6.45) is 1.55. The molecule has 0 aliphatic carbocycles. The predicted octanol–water partition coefficient (Wildman–Crippen LogP) is 3.16. The molecule has 1 atom stereocenters. The monoisotopic (exact) mass is 366 g/mol. The molecule has 0 fully saturated rings. The van der Waals surface area contributed by atoms with E-state index in [4.69, 9.17) is 9.47 Å². The molecule has 2 N–H and O–H groups in total. The van der Waals surface area contributed by atoms with E-state index in [-0.39, 0.29) is 17.9 Å². The summed E-state index contributed by atoms with van der Waals surface area (Å²) in [5.74, 6) is 1.49. The van der Waals surface area contributed by atoms with Gasteiger partial charge in [-0.05, 0) is 36.6 Å². The van der Waals surface area contributed by atoms with E-state index in [9.17, 15) is 4.79 Å². The third kappa shape index (κ3) is 3.32. The van der Waals surface area contributed by atoms with Crippen molar-refractivity contribution in [2.24, 2.45) is 5.92 Å². The SMILES string of the molecule is Cc1[nH]nc2ncc(C(=O)N[C@@H](c3ccc4c(c3)OCCO4)C(C)C)cc12. The number of fused-ring (bicyclic) bond motifs is 2. The average Bonchev–Trinajstić information content (AvgIpc) is 3.05. The second-order valence-corrected chi connectivity index (χ2v) is 7.04. The number of hydrogen-bond acceptors (Lipinski definition) is 5. The predicted molar refractivity (Wildman–Crippen MR) is 101 cm³/mol. The minimum Gasteiger partial charge on any atom is -0.486 e. The van der Waals surface area contributed by atoms with Crippen LogP contribution in [0, 0.1) is 12.8 Å². The third-order valence-electron chi connectivity index (χ3n) is 4.74. The van der Waals surface area contributed by atoms with E-state index in [2.05, 4.69) is 34.3 Å². The van der Waals surface area contributed by atoms with E-state index in [0.29, 0.717) is 24.4 Å². The number of H-pyrrole nitrogens is 1. The third-order valence-corrected chi connectivity index (χ3v) is 4.74. The number of pyridine rings is 1. The molecule has 0 bridgehead atoms. The van der Waals surface area contributed by atoms with Gasteiger partial charge in [0, 0.05) is 17.3 Å². The summed E-state index contributed by atoms with van der Waals surface area (Å²) in [4.78, 5) is 17.1. The number of rotatable bonds is 4. The lowest BCUT2D eigenvalue weighted by Crippen LogP contribution is -2.32. The van der Waals surface area contributed by atoms with E-state index in [1.54, 1.807) is 6.20 Å². The van der Waals surface area contributed by atoms with Gasteiger partial charge in [0.15, 0.2) is 17.1 Å². The van der Waals surface area contributed by atoms with Crippen LogP contribution < -0.4 is 14.8 Å². The first-order valence-corrected chi connectivity index (χ1v) is 9.04. The first kappa shape index (κ1) is 17.3. The molecule has 1 amide bonds. The lowest BCUT2D eigenvalue weighted by molar-refractivity contribution is 0.0925. The molecule has 1 aromatic carbocycles. The summed E-state index contributed by atoms with van der Waals surface area (Å²) in [7, 11) is 0. The fourth-order valence-corrected chi connectivity index (χ4v) is 3.26. The van der Waals surface area contributed by atoms with E-state index in [1.807, 2.05) is 31.2 Å². The largest absolute Gasteiger partial charge is 0.486 e. The highest BCUT2D eigenvalue weighted by Gasteiger charge is 2.22. The number of aryl methyl sites for hydroxylation is 1. The summed E-state index contributed by atoms with van der Waals surface area (Å²) in [6.45, 7) is 7.14. The van der Waals surface area contributed by atoms with Crippen LogP contribution >= 0.6 is 0 Å². The van der Waals surface area contributed by atoms with Gasteiger partial charge in [0.05, 0.1) is 11.6 Å². The Morgan fingerprint density at radius 2 is 1.96 bits per heavy atom. The average molecular weight is 366 g/mol. The smallest absolute Gasteiger partial charge is 0.253 e. The van der Waals surface area contributed by atoms with Gasteiger partial charge in [-0.2, -0.15) is 5.10 Å². The first-order chi connectivity index (χ1) is 13.0. The van der Waals surface area contributed by atoms with Crippen LogP contribution in [0.15, 0.2) is 30.5 Å². The van der Waals surface area contributed by atoms with E-state index in [0.717, 1.165) is 28.1 Å². The second kappa shape index (κ2) is 6.90. The molecule has 0 spiro atoms. The number of amides is 1. The molecule has 0 saturated heterocycles. The van der Waals surface area contributed by atoms with Gasteiger partial charge in [-0.25, -0.2) is 4.98 Å². The number of aromatic nitrogens is 3. The van der Waals surface area contributed by atoms with Crippen molar-refractivity contribution in [2.45, 2.75) is 26.8 Å². The maximum atomic E-state index is 12.9. The van der Waals surface area contributed by atoms with Crippen molar-refractivity contribution in [3.8, 4) is 11.5 Å². The second-order valence-electron chi connectivity index (χ2n) is 7.04. The molecule has 27 heavy (non-hydrogen) atoms. The molecule has 1 aliphatic rings. The fourth-order valence-electron chi connectivity index (χ4n) is 3.26. The zero-order chi connectivity index (χ0) is 19.0. The number of benzene rings is 1. The molecule has 1 aliphatic heterocycles. The molecule has 7 heteroatoms. The lowest BCUT2D eigenvalue weighted by atomic mass is 9.95. The molecule has 2 aromatic heterocycles. The highest BCUT2D eigenvalue weighted by atomic mass is 16.6.